The fourth-order valence-corrected chi connectivity index (χ4v) is 3.60. The molecule has 2 aromatic heterocycles. The average Bonchev–Trinajstić information content (AvgIpc) is 3.05. The maximum atomic E-state index is 12.6. The van der Waals surface area contributed by atoms with Crippen molar-refractivity contribution in [3.63, 3.8) is 0 Å². The Morgan fingerprint density at radius 3 is 2.79 bits per heavy atom. The highest BCUT2D eigenvalue weighted by Gasteiger charge is 2.24. The summed E-state index contributed by atoms with van der Waals surface area (Å²) in [5, 5.41) is 5.26. The Morgan fingerprint density at radius 2 is 2.04 bits per heavy atom. The molecule has 0 amide bonds. The van der Waals surface area contributed by atoms with Crippen molar-refractivity contribution in [2.75, 3.05) is 12.8 Å². The van der Waals surface area contributed by atoms with Crippen LogP contribution in [0.4, 0.5) is 0 Å². The molecule has 3 heterocycles. The normalized spacial score (nSPS) is 14.9. The van der Waals surface area contributed by atoms with Crippen LogP contribution in [0.3, 0.4) is 0 Å². The maximum Gasteiger partial charge on any atom is 0.258 e. The van der Waals surface area contributed by atoms with E-state index in [1.807, 2.05) is 16.8 Å². The van der Waals surface area contributed by atoms with Gasteiger partial charge >= 0.3 is 0 Å². The highest BCUT2D eigenvalue weighted by Crippen LogP contribution is 2.20. The minimum Gasteiger partial charge on any atom is -0.293 e. The summed E-state index contributed by atoms with van der Waals surface area (Å²) in [6, 6.07) is 10.4. The van der Waals surface area contributed by atoms with Gasteiger partial charge in [-0.25, -0.2) is 0 Å². The van der Waals surface area contributed by atoms with Crippen LogP contribution in [0, 0.1) is 0 Å². The summed E-state index contributed by atoms with van der Waals surface area (Å²) in [7, 11) is 1.77. The molecule has 0 saturated heterocycles. The van der Waals surface area contributed by atoms with Crippen molar-refractivity contribution >= 4 is 17.5 Å². The lowest BCUT2D eigenvalue weighted by Crippen LogP contribution is -2.37. The standard InChI is InChI=1S/C17H19N5OS/c1-20-15(23)13-8-9-21(10-12-6-4-3-5-7-12)11-14(13)22-17(20)18-16(19-22)24-2/h3-7H,8-11H2,1-2H3. The molecule has 0 radical (unpaired) electrons. The summed E-state index contributed by atoms with van der Waals surface area (Å²) in [6.45, 7) is 2.47. The van der Waals surface area contributed by atoms with Crippen molar-refractivity contribution in [3.8, 4) is 0 Å². The van der Waals surface area contributed by atoms with Crippen LogP contribution in [0.2, 0.25) is 0 Å². The van der Waals surface area contributed by atoms with Crippen LogP contribution < -0.4 is 5.56 Å². The molecule has 0 spiro atoms. The third-order valence-electron chi connectivity index (χ3n) is 4.52. The average molecular weight is 341 g/mol. The summed E-state index contributed by atoms with van der Waals surface area (Å²) in [4.78, 5) is 19.5. The number of aromatic nitrogens is 4. The Hall–Kier alpha value is -2.12. The second kappa shape index (κ2) is 6.07. The Labute approximate surface area is 144 Å². The van der Waals surface area contributed by atoms with E-state index in [-0.39, 0.29) is 5.56 Å². The minimum atomic E-state index is 0.0527. The number of aryl methyl sites for hydroxylation is 1. The van der Waals surface area contributed by atoms with Crippen LogP contribution in [0.15, 0.2) is 40.3 Å². The number of rotatable bonds is 3. The smallest absolute Gasteiger partial charge is 0.258 e. The molecular formula is C17H19N5OS. The molecule has 1 aliphatic rings. The highest BCUT2D eigenvalue weighted by atomic mass is 32.2. The zero-order valence-electron chi connectivity index (χ0n) is 13.8. The summed E-state index contributed by atoms with van der Waals surface area (Å²) in [5.74, 6) is 0.615. The van der Waals surface area contributed by atoms with E-state index >= 15 is 0 Å². The van der Waals surface area contributed by atoms with Crippen molar-refractivity contribution in [2.45, 2.75) is 24.7 Å². The molecule has 24 heavy (non-hydrogen) atoms. The monoisotopic (exact) mass is 341 g/mol. The summed E-state index contributed by atoms with van der Waals surface area (Å²) in [5.41, 5.74) is 3.18. The first kappa shape index (κ1) is 15.4. The van der Waals surface area contributed by atoms with Gasteiger partial charge in [0, 0.05) is 32.2 Å². The third-order valence-corrected chi connectivity index (χ3v) is 5.06. The first-order chi connectivity index (χ1) is 11.7. The van der Waals surface area contributed by atoms with Gasteiger partial charge in [0.05, 0.1) is 5.69 Å². The molecule has 0 unspecified atom stereocenters. The zero-order valence-corrected chi connectivity index (χ0v) is 14.6. The van der Waals surface area contributed by atoms with Gasteiger partial charge in [-0.3, -0.25) is 14.3 Å². The van der Waals surface area contributed by atoms with Crippen molar-refractivity contribution in [1.29, 1.82) is 0 Å². The summed E-state index contributed by atoms with van der Waals surface area (Å²) >= 11 is 1.49. The number of hydrogen-bond donors (Lipinski definition) is 0. The molecular weight excluding hydrogens is 322 g/mol. The second-order valence-corrected chi connectivity index (χ2v) is 6.82. The highest BCUT2D eigenvalue weighted by molar-refractivity contribution is 7.98. The van der Waals surface area contributed by atoms with E-state index in [1.54, 1.807) is 11.6 Å². The molecule has 0 N–H and O–H groups in total. The first-order valence-corrected chi connectivity index (χ1v) is 9.17. The van der Waals surface area contributed by atoms with Gasteiger partial charge in [-0.05, 0) is 18.2 Å². The lowest BCUT2D eigenvalue weighted by molar-refractivity contribution is 0.237. The number of fused-ring (bicyclic) bond motifs is 3. The van der Waals surface area contributed by atoms with Gasteiger partial charge in [-0.15, -0.1) is 5.10 Å². The quantitative estimate of drug-likeness (QED) is 0.679. The van der Waals surface area contributed by atoms with E-state index in [0.29, 0.717) is 17.5 Å². The number of thioether (sulfide) groups is 1. The molecule has 0 fully saturated rings. The predicted molar refractivity (Wildman–Crippen MR) is 94.3 cm³/mol. The van der Waals surface area contributed by atoms with Gasteiger partial charge in [0.15, 0.2) is 0 Å². The van der Waals surface area contributed by atoms with Crippen LogP contribution >= 0.6 is 11.8 Å². The van der Waals surface area contributed by atoms with Crippen LogP contribution in [0.5, 0.6) is 0 Å². The van der Waals surface area contributed by atoms with Crippen LogP contribution in [-0.4, -0.2) is 36.9 Å². The van der Waals surface area contributed by atoms with Gasteiger partial charge in [-0.1, -0.05) is 42.1 Å². The van der Waals surface area contributed by atoms with Crippen molar-refractivity contribution in [2.24, 2.45) is 7.05 Å². The molecule has 1 aliphatic heterocycles. The fourth-order valence-electron chi connectivity index (χ4n) is 3.27. The van der Waals surface area contributed by atoms with Gasteiger partial charge in [0.2, 0.25) is 10.9 Å². The number of benzene rings is 1. The van der Waals surface area contributed by atoms with Crippen LogP contribution in [0.1, 0.15) is 16.8 Å². The molecule has 7 heteroatoms. The second-order valence-electron chi connectivity index (χ2n) is 6.05. The number of nitrogens with zero attached hydrogens (tertiary/aromatic N) is 5. The van der Waals surface area contributed by atoms with Crippen molar-refractivity contribution < 1.29 is 0 Å². The molecule has 4 rings (SSSR count). The topological polar surface area (TPSA) is 55.4 Å². The van der Waals surface area contributed by atoms with Gasteiger partial charge < -0.3 is 0 Å². The number of hydrogen-bond acceptors (Lipinski definition) is 5. The van der Waals surface area contributed by atoms with Gasteiger partial charge in [0.1, 0.15) is 0 Å². The largest absolute Gasteiger partial charge is 0.293 e. The predicted octanol–water partition coefficient (Wildman–Crippen LogP) is 1.71. The minimum absolute atomic E-state index is 0.0527. The van der Waals surface area contributed by atoms with Crippen molar-refractivity contribution in [3.05, 3.63) is 57.5 Å². The Bertz CT molecular complexity index is 947. The van der Waals surface area contributed by atoms with Crippen molar-refractivity contribution in [1.82, 2.24) is 24.1 Å². The van der Waals surface area contributed by atoms with Crippen LogP contribution in [0.25, 0.3) is 5.78 Å². The summed E-state index contributed by atoms with van der Waals surface area (Å²) in [6.07, 6.45) is 2.69. The van der Waals surface area contributed by atoms with E-state index in [0.717, 1.165) is 30.8 Å². The molecule has 6 nitrogen and oxygen atoms in total. The Morgan fingerprint density at radius 1 is 1.25 bits per heavy atom. The molecule has 124 valence electrons. The lowest BCUT2D eigenvalue weighted by atomic mass is 10.1. The SMILES string of the molecule is CSc1nc2n(C)c(=O)c3c(n2n1)CN(Cc1ccccc1)CC3. The Balaban J connectivity index is 1.75. The van der Waals surface area contributed by atoms with E-state index in [2.05, 4.69) is 39.2 Å². The van der Waals surface area contributed by atoms with E-state index in [9.17, 15) is 4.79 Å². The van der Waals surface area contributed by atoms with E-state index < -0.39 is 0 Å². The molecule has 3 aromatic rings. The molecule has 0 bridgehead atoms. The van der Waals surface area contributed by atoms with E-state index in [4.69, 9.17) is 0 Å². The Kier molecular flexibility index (Phi) is 3.90. The molecule has 0 aliphatic carbocycles. The molecule has 0 saturated carbocycles. The third kappa shape index (κ3) is 2.53. The fraction of sp³-hybridized carbons (Fsp3) is 0.353. The first-order valence-electron chi connectivity index (χ1n) is 7.95. The maximum absolute atomic E-state index is 12.6. The molecule has 0 atom stereocenters. The van der Waals surface area contributed by atoms with Crippen LogP contribution in [-0.2, 0) is 26.6 Å². The molecule has 1 aromatic carbocycles. The van der Waals surface area contributed by atoms with Gasteiger partial charge in [0.25, 0.3) is 5.56 Å². The summed E-state index contributed by atoms with van der Waals surface area (Å²) < 4.78 is 3.46. The van der Waals surface area contributed by atoms with Gasteiger partial charge in [-0.2, -0.15) is 9.50 Å². The lowest BCUT2D eigenvalue weighted by Gasteiger charge is -2.28. The zero-order chi connectivity index (χ0) is 16.7. The van der Waals surface area contributed by atoms with E-state index in [1.165, 1.54) is 17.3 Å².